The number of nitrogen functional groups attached to an aromatic ring is 1. The number of carbonyl (C=O) groups is 1. The minimum atomic E-state index is -0.227. The Balaban J connectivity index is 2.79. The molecule has 0 aromatic carbocycles. The fourth-order valence-corrected chi connectivity index (χ4v) is 1.44. The maximum absolute atomic E-state index is 12.1. The van der Waals surface area contributed by atoms with E-state index in [0.717, 1.165) is 0 Å². The summed E-state index contributed by atoms with van der Waals surface area (Å²) in [6.07, 6.45) is 1.50. The Kier molecular flexibility index (Phi) is 5.27. The van der Waals surface area contributed by atoms with Gasteiger partial charge in [-0.05, 0) is 11.8 Å². The molecule has 0 bridgehead atoms. The zero-order valence-electron chi connectivity index (χ0n) is 12.4. The highest BCUT2D eigenvalue weighted by atomic mass is 16.1. The van der Waals surface area contributed by atoms with Gasteiger partial charge in [-0.15, -0.1) is 0 Å². The number of nitrogens with zero attached hydrogens (tertiary/aromatic N) is 2. The van der Waals surface area contributed by atoms with Crippen LogP contribution in [0.2, 0.25) is 0 Å². The molecule has 0 spiro atoms. The van der Waals surface area contributed by atoms with Crippen molar-refractivity contribution < 1.29 is 4.79 Å². The van der Waals surface area contributed by atoms with Crippen molar-refractivity contribution in [3.05, 3.63) is 17.7 Å². The molecule has 0 aliphatic rings. The molecule has 19 heavy (non-hydrogen) atoms. The van der Waals surface area contributed by atoms with Gasteiger partial charge < -0.3 is 11.1 Å². The van der Waals surface area contributed by atoms with Gasteiger partial charge in [-0.25, -0.2) is 9.97 Å². The van der Waals surface area contributed by atoms with E-state index in [9.17, 15) is 4.79 Å². The molecule has 0 saturated heterocycles. The smallest absolute Gasteiger partial charge is 0.272 e. The van der Waals surface area contributed by atoms with Crippen LogP contribution >= 0.6 is 0 Å². The third-order valence-corrected chi connectivity index (χ3v) is 3.29. The van der Waals surface area contributed by atoms with Gasteiger partial charge in [0.05, 0.1) is 11.9 Å². The molecule has 1 heterocycles. The van der Waals surface area contributed by atoms with E-state index >= 15 is 0 Å². The van der Waals surface area contributed by atoms with Crippen LogP contribution in [0, 0.1) is 11.8 Å². The summed E-state index contributed by atoms with van der Waals surface area (Å²) in [5, 5.41) is 2.88. The third kappa shape index (κ3) is 4.19. The van der Waals surface area contributed by atoms with Gasteiger partial charge in [0.15, 0.2) is 5.69 Å². The van der Waals surface area contributed by atoms with Gasteiger partial charge in [-0.3, -0.25) is 4.79 Å². The topological polar surface area (TPSA) is 80.9 Å². The van der Waals surface area contributed by atoms with Crippen LogP contribution in [0.3, 0.4) is 0 Å². The summed E-state index contributed by atoms with van der Waals surface area (Å²) in [4.78, 5) is 20.5. The number of aromatic nitrogens is 2. The Bertz CT molecular complexity index is 443. The highest BCUT2D eigenvalue weighted by Gasteiger charge is 2.16. The van der Waals surface area contributed by atoms with Gasteiger partial charge in [0.2, 0.25) is 0 Å². The molecule has 0 radical (unpaired) electrons. The zero-order chi connectivity index (χ0) is 14.6. The number of nitrogens with one attached hydrogen (secondary N) is 1. The van der Waals surface area contributed by atoms with Crippen LogP contribution in [0.25, 0.3) is 0 Å². The van der Waals surface area contributed by atoms with Crippen LogP contribution in [-0.2, 0) is 0 Å². The second-order valence-electron chi connectivity index (χ2n) is 5.62. The second kappa shape index (κ2) is 6.50. The maximum Gasteiger partial charge on any atom is 0.272 e. The largest absolute Gasteiger partial charge is 0.396 e. The maximum atomic E-state index is 12.1. The lowest BCUT2D eigenvalue weighted by atomic mass is 9.98. The number of rotatable bonds is 5. The number of anilines is 1. The van der Waals surface area contributed by atoms with E-state index in [1.54, 1.807) is 0 Å². The molecule has 3 N–H and O–H groups in total. The molecule has 0 aliphatic carbocycles. The molecule has 1 unspecified atom stereocenters. The van der Waals surface area contributed by atoms with Crippen molar-refractivity contribution in [2.75, 3.05) is 12.3 Å². The molecule has 0 saturated carbocycles. The van der Waals surface area contributed by atoms with Crippen molar-refractivity contribution in [3.8, 4) is 0 Å². The Morgan fingerprint density at radius 2 is 1.95 bits per heavy atom. The van der Waals surface area contributed by atoms with Crippen LogP contribution in [0.1, 0.15) is 56.8 Å². The first-order valence-corrected chi connectivity index (χ1v) is 6.73. The lowest BCUT2D eigenvalue weighted by Gasteiger charge is -2.16. The van der Waals surface area contributed by atoms with Crippen molar-refractivity contribution in [2.45, 2.75) is 40.5 Å². The molecule has 0 aliphatic heterocycles. The van der Waals surface area contributed by atoms with Gasteiger partial charge >= 0.3 is 0 Å². The molecule has 5 nitrogen and oxygen atoms in total. The minimum Gasteiger partial charge on any atom is -0.396 e. The lowest BCUT2D eigenvalue weighted by Crippen LogP contribution is -2.31. The summed E-state index contributed by atoms with van der Waals surface area (Å²) < 4.78 is 0. The number of nitrogens with two attached hydrogens (primary N) is 1. The Morgan fingerprint density at radius 1 is 1.32 bits per heavy atom. The van der Waals surface area contributed by atoms with Crippen molar-refractivity contribution in [1.82, 2.24) is 15.3 Å². The summed E-state index contributed by atoms with van der Waals surface area (Å²) in [5.74, 6) is 1.51. The predicted molar refractivity (Wildman–Crippen MR) is 76.9 cm³/mol. The summed E-state index contributed by atoms with van der Waals surface area (Å²) in [5.41, 5.74) is 6.36. The van der Waals surface area contributed by atoms with Crippen LogP contribution in [0.15, 0.2) is 6.20 Å². The van der Waals surface area contributed by atoms with Crippen LogP contribution < -0.4 is 11.1 Å². The van der Waals surface area contributed by atoms with E-state index in [1.165, 1.54) is 6.20 Å². The Morgan fingerprint density at radius 3 is 2.47 bits per heavy atom. The fraction of sp³-hybridized carbons (Fsp3) is 0.643. The first-order chi connectivity index (χ1) is 8.82. The number of hydrogen-bond donors (Lipinski definition) is 2. The van der Waals surface area contributed by atoms with Crippen molar-refractivity contribution in [2.24, 2.45) is 11.8 Å². The highest BCUT2D eigenvalue weighted by molar-refractivity contribution is 5.96. The van der Waals surface area contributed by atoms with Crippen LogP contribution in [0.4, 0.5) is 5.69 Å². The highest BCUT2D eigenvalue weighted by Crippen LogP contribution is 2.14. The third-order valence-electron chi connectivity index (χ3n) is 3.29. The predicted octanol–water partition coefficient (Wildman–Crippen LogP) is 2.20. The molecule has 1 aromatic heterocycles. The molecule has 106 valence electrons. The molecule has 0 fully saturated rings. The minimum absolute atomic E-state index is 0.168. The van der Waals surface area contributed by atoms with E-state index in [0.29, 0.717) is 29.9 Å². The summed E-state index contributed by atoms with van der Waals surface area (Å²) >= 11 is 0. The first kappa shape index (κ1) is 15.4. The van der Waals surface area contributed by atoms with E-state index < -0.39 is 0 Å². The molecule has 5 heteroatoms. The van der Waals surface area contributed by atoms with E-state index in [1.807, 2.05) is 13.8 Å². The van der Waals surface area contributed by atoms with E-state index in [-0.39, 0.29) is 17.5 Å². The molecule has 1 rings (SSSR count). The van der Waals surface area contributed by atoms with E-state index in [4.69, 9.17) is 5.73 Å². The summed E-state index contributed by atoms with van der Waals surface area (Å²) in [6.45, 7) is 11.0. The lowest BCUT2D eigenvalue weighted by molar-refractivity contribution is 0.0940. The molecule has 1 aromatic rings. The summed E-state index contributed by atoms with van der Waals surface area (Å²) in [6, 6.07) is 0. The standard InChI is InChI=1S/C14H24N4O/c1-8(2)10(5)6-17-14(19)12-11(15)7-16-13(18-12)9(3)4/h7-10H,6,15H2,1-5H3,(H,17,19). The van der Waals surface area contributed by atoms with Gasteiger partial charge in [-0.1, -0.05) is 34.6 Å². The Labute approximate surface area is 115 Å². The van der Waals surface area contributed by atoms with Gasteiger partial charge in [0.1, 0.15) is 5.82 Å². The normalized spacial score (nSPS) is 12.8. The van der Waals surface area contributed by atoms with E-state index in [2.05, 4.69) is 36.1 Å². The number of hydrogen-bond acceptors (Lipinski definition) is 4. The Hall–Kier alpha value is -1.65. The number of carbonyl (C=O) groups excluding carboxylic acids is 1. The molecular formula is C14H24N4O. The monoisotopic (exact) mass is 264 g/mol. The average molecular weight is 264 g/mol. The quantitative estimate of drug-likeness (QED) is 0.854. The SMILES string of the molecule is CC(C)c1ncc(N)c(C(=O)NCC(C)C(C)C)n1. The first-order valence-electron chi connectivity index (χ1n) is 6.73. The summed E-state index contributed by atoms with van der Waals surface area (Å²) in [7, 11) is 0. The van der Waals surface area contributed by atoms with Gasteiger partial charge in [-0.2, -0.15) is 0 Å². The van der Waals surface area contributed by atoms with Gasteiger partial charge in [0, 0.05) is 12.5 Å². The van der Waals surface area contributed by atoms with Crippen LogP contribution in [-0.4, -0.2) is 22.4 Å². The molecular weight excluding hydrogens is 240 g/mol. The fourth-order valence-electron chi connectivity index (χ4n) is 1.44. The molecule has 1 atom stereocenters. The number of amides is 1. The van der Waals surface area contributed by atoms with Crippen molar-refractivity contribution in [3.63, 3.8) is 0 Å². The molecule has 1 amide bonds. The van der Waals surface area contributed by atoms with Gasteiger partial charge in [0.25, 0.3) is 5.91 Å². The second-order valence-corrected chi connectivity index (χ2v) is 5.62. The van der Waals surface area contributed by atoms with Crippen LogP contribution in [0.5, 0.6) is 0 Å². The van der Waals surface area contributed by atoms with Crippen molar-refractivity contribution >= 4 is 11.6 Å². The zero-order valence-corrected chi connectivity index (χ0v) is 12.4. The van der Waals surface area contributed by atoms with Crippen molar-refractivity contribution in [1.29, 1.82) is 0 Å². The average Bonchev–Trinajstić information content (AvgIpc) is 2.35.